The fourth-order valence-corrected chi connectivity index (χ4v) is 3.80. The van der Waals surface area contributed by atoms with Gasteiger partial charge in [-0.3, -0.25) is 4.79 Å². The van der Waals surface area contributed by atoms with Gasteiger partial charge in [-0.25, -0.2) is 15.0 Å². The number of amides is 3. The molecule has 208 valence electrons. The molecule has 0 aliphatic carbocycles. The van der Waals surface area contributed by atoms with Gasteiger partial charge >= 0.3 is 12.0 Å². The molecule has 0 unspecified atom stereocenters. The number of benzene rings is 2. The van der Waals surface area contributed by atoms with Crippen LogP contribution < -0.4 is 35.0 Å². The van der Waals surface area contributed by atoms with Gasteiger partial charge in [-0.2, -0.15) is 5.10 Å². The highest BCUT2D eigenvalue weighted by molar-refractivity contribution is 5.95. The van der Waals surface area contributed by atoms with Gasteiger partial charge in [0.15, 0.2) is 29.6 Å². The van der Waals surface area contributed by atoms with Gasteiger partial charge in [0.05, 0.1) is 45.3 Å². The van der Waals surface area contributed by atoms with E-state index in [1.807, 2.05) is 6.92 Å². The average Bonchev–Trinajstić information content (AvgIpc) is 2.91. The molecule has 12 nitrogen and oxygen atoms in total. The fourth-order valence-electron chi connectivity index (χ4n) is 3.80. The van der Waals surface area contributed by atoms with Crippen LogP contribution in [-0.4, -0.2) is 58.2 Å². The maximum Gasteiger partial charge on any atom is 0.338 e. The number of nitrogens with zero attached hydrogens (tertiary/aromatic N) is 1. The molecular formula is C27H32N4O8. The summed E-state index contributed by atoms with van der Waals surface area (Å²) in [6, 6.07) is 8.92. The van der Waals surface area contributed by atoms with Gasteiger partial charge in [-0.15, -0.1) is 0 Å². The third-order valence-corrected chi connectivity index (χ3v) is 5.53. The maximum absolute atomic E-state index is 12.6. The zero-order chi connectivity index (χ0) is 28.4. The van der Waals surface area contributed by atoms with Crippen molar-refractivity contribution in [2.45, 2.75) is 26.8 Å². The number of allylic oxidation sites excluding steroid dienone is 1. The first-order valence-electron chi connectivity index (χ1n) is 12.2. The molecule has 0 fully saturated rings. The molecule has 39 heavy (non-hydrogen) atoms. The first-order valence-corrected chi connectivity index (χ1v) is 12.2. The Labute approximate surface area is 226 Å². The maximum atomic E-state index is 12.6. The Bertz CT molecular complexity index is 1270. The largest absolute Gasteiger partial charge is 0.493 e. The summed E-state index contributed by atoms with van der Waals surface area (Å²) in [7, 11) is 2.99. The van der Waals surface area contributed by atoms with Crippen LogP contribution in [0.15, 0.2) is 52.8 Å². The van der Waals surface area contributed by atoms with Gasteiger partial charge in [0.2, 0.25) is 0 Å². The number of esters is 1. The summed E-state index contributed by atoms with van der Waals surface area (Å²) >= 11 is 0. The van der Waals surface area contributed by atoms with E-state index in [2.05, 4.69) is 21.2 Å². The third kappa shape index (κ3) is 7.40. The Morgan fingerprint density at radius 3 is 2.41 bits per heavy atom. The second-order valence-corrected chi connectivity index (χ2v) is 8.13. The molecule has 0 saturated carbocycles. The lowest BCUT2D eigenvalue weighted by molar-refractivity contribution is -0.139. The third-order valence-electron chi connectivity index (χ3n) is 5.53. The van der Waals surface area contributed by atoms with Crippen LogP contribution in [0.25, 0.3) is 0 Å². The molecule has 1 aliphatic heterocycles. The molecule has 0 spiro atoms. The van der Waals surface area contributed by atoms with Gasteiger partial charge in [0, 0.05) is 5.70 Å². The first kappa shape index (κ1) is 28.8. The molecule has 3 N–H and O–H groups in total. The Kier molecular flexibility index (Phi) is 10.1. The monoisotopic (exact) mass is 540 g/mol. The highest BCUT2D eigenvalue weighted by Crippen LogP contribution is 2.34. The number of ether oxygens (including phenoxy) is 5. The summed E-state index contributed by atoms with van der Waals surface area (Å²) in [4.78, 5) is 37.0. The van der Waals surface area contributed by atoms with Crippen molar-refractivity contribution in [2.75, 3.05) is 34.0 Å². The number of rotatable bonds is 12. The van der Waals surface area contributed by atoms with Gasteiger partial charge in [0.1, 0.15) is 0 Å². The first-order chi connectivity index (χ1) is 18.8. The van der Waals surface area contributed by atoms with Crippen LogP contribution in [0.1, 0.15) is 37.9 Å². The molecule has 3 rings (SSSR count). The van der Waals surface area contributed by atoms with Crippen molar-refractivity contribution >= 4 is 24.1 Å². The lowest BCUT2D eigenvalue weighted by atomic mass is 9.95. The zero-order valence-corrected chi connectivity index (χ0v) is 22.5. The average molecular weight is 541 g/mol. The van der Waals surface area contributed by atoms with Crippen LogP contribution >= 0.6 is 0 Å². The molecule has 0 radical (unpaired) electrons. The number of methoxy groups -OCH3 is 2. The molecule has 0 saturated heterocycles. The van der Waals surface area contributed by atoms with Gasteiger partial charge in [-0.05, 0) is 62.2 Å². The number of hydrogen-bond donors (Lipinski definition) is 3. The van der Waals surface area contributed by atoms with E-state index < -0.39 is 23.9 Å². The molecule has 1 atom stereocenters. The second-order valence-electron chi connectivity index (χ2n) is 8.13. The molecule has 2 aromatic rings. The van der Waals surface area contributed by atoms with Crippen LogP contribution in [0.5, 0.6) is 23.0 Å². The van der Waals surface area contributed by atoms with E-state index in [0.717, 1.165) is 0 Å². The summed E-state index contributed by atoms with van der Waals surface area (Å²) < 4.78 is 27.0. The van der Waals surface area contributed by atoms with Crippen LogP contribution in [-0.2, 0) is 14.3 Å². The Morgan fingerprint density at radius 2 is 1.72 bits per heavy atom. The van der Waals surface area contributed by atoms with Crippen molar-refractivity contribution in [3.05, 3.63) is 58.8 Å². The molecule has 2 aromatic carbocycles. The van der Waals surface area contributed by atoms with Crippen molar-refractivity contribution in [3.63, 3.8) is 0 Å². The van der Waals surface area contributed by atoms with Crippen molar-refractivity contribution < 1.29 is 38.1 Å². The standard InChI is InChI=1S/C27H32N4O8/c1-6-37-22-12-17(8-10-19(22)35-4)14-28-31-23(32)15-39-20-11-9-18(13-21(20)36-5)25-24(26(33)38-7-2)16(3)29-27(34)30-25/h8-14,25H,6-7,15H2,1-5H3,(H,31,32)(H2,29,30,34)/b28-14-/t25-/m1/s1. The number of carbonyl (C=O) groups is 3. The second kappa shape index (κ2) is 13.7. The number of hydrogen-bond acceptors (Lipinski definition) is 9. The lowest BCUT2D eigenvalue weighted by Crippen LogP contribution is -2.45. The van der Waals surface area contributed by atoms with Crippen molar-refractivity contribution in [2.24, 2.45) is 5.10 Å². The summed E-state index contributed by atoms with van der Waals surface area (Å²) in [6.45, 7) is 5.52. The minimum atomic E-state index is -0.764. The summed E-state index contributed by atoms with van der Waals surface area (Å²) in [5.74, 6) is 0.711. The van der Waals surface area contributed by atoms with E-state index in [9.17, 15) is 14.4 Å². The van der Waals surface area contributed by atoms with Crippen molar-refractivity contribution in [1.29, 1.82) is 0 Å². The number of urea groups is 1. The molecule has 3 amide bonds. The predicted molar refractivity (Wildman–Crippen MR) is 142 cm³/mol. The molecule has 1 heterocycles. The number of carbonyl (C=O) groups excluding carboxylic acids is 3. The summed E-state index contributed by atoms with van der Waals surface area (Å²) in [5, 5.41) is 9.27. The summed E-state index contributed by atoms with van der Waals surface area (Å²) in [6.07, 6.45) is 1.47. The molecule has 1 aliphatic rings. The highest BCUT2D eigenvalue weighted by atomic mass is 16.5. The Morgan fingerprint density at radius 1 is 0.974 bits per heavy atom. The zero-order valence-electron chi connectivity index (χ0n) is 22.5. The number of nitrogens with one attached hydrogen (secondary N) is 3. The van der Waals surface area contributed by atoms with E-state index in [-0.39, 0.29) is 24.5 Å². The van der Waals surface area contributed by atoms with Gasteiger partial charge in [0.25, 0.3) is 5.91 Å². The smallest absolute Gasteiger partial charge is 0.338 e. The van der Waals surface area contributed by atoms with E-state index in [1.165, 1.54) is 13.3 Å². The van der Waals surface area contributed by atoms with Crippen LogP contribution in [0, 0.1) is 0 Å². The molecule has 0 bridgehead atoms. The SMILES string of the molecule is CCOC(=O)C1=C(C)NC(=O)N[C@@H]1c1ccc(OCC(=O)N/N=C\c2ccc(OC)c(OCC)c2)c(OC)c1. The lowest BCUT2D eigenvalue weighted by Gasteiger charge is -2.28. The number of hydrazone groups is 1. The van der Waals surface area contributed by atoms with Crippen LogP contribution in [0.4, 0.5) is 4.79 Å². The Hall–Kier alpha value is -4.74. The molecule has 0 aromatic heterocycles. The minimum Gasteiger partial charge on any atom is -0.493 e. The Balaban J connectivity index is 1.66. The van der Waals surface area contributed by atoms with Crippen molar-refractivity contribution in [3.8, 4) is 23.0 Å². The van der Waals surface area contributed by atoms with Crippen molar-refractivity contribution in [1.82, 2.24) is 16.1 Å². The van der Waals surface area contributed by atoms with E-state index in [0.29, 0.717) is 40.7 Å². The van der Waals surface area contributed by atoms with E-state index >= 15 is 0 Å². The van der Waals surface area contributed by atoms with Gasteiger partial charge < -0.3 is 34.3 Å². The van der Waals surface area contributed by atoms with Crippen LogP contribution in [0.2, 0.25) is 0 Å². The molecule has 12 heteroatoms. The topological polar surface area (TPSA) is 146 Å². The van der Waals surface area contributed by atoms with Gasteiger partial charge in [-0.1, -0.05) is 6.07 Å². The quantitative estimate of drug-likeness (QED) is 0.212. The fraction of sp³-hybridized carbons (Fsp3) is 0.333. The predicted octanol–water partition coefficient (Wildman–Crippen LogP) is 2.82. The van der Waals surface area contributed by atoms with E-state index in [1.54, 1.807) is 57.4 Å². The summed E-state index contributed by atoms with van der Waals surface area (Å²) in [5.41, 5.74) is 4.34. The highest BCUT2D eigenvalue weighted by Gasteiger charge is 2.32. The minimum absolute atomic E-state index is 0.187. The van der Waals surface area contributed by atoms with Crippen LogP contribution in [0.3, 0.4) is 0 Å². The normalized spacial score (nSPS) is 14.8. The molecular weight excluding hydrogens is 508 g/mol. The van der Waals surface area contributed by atoms with E-state index in [4.69, 9.17) is 23.7 Å².